The van der Waals surface area contributed by atoms with Crippen LogP contribution in [-0.2, 0) is 28.9 Å². The van der Waals surface area contributed by atoms with Crippen molar-refractivity contribution in [3.05, 3.63) is 11.6 Å². The number of carbonyl (C=O) groups is 1. The Morgan fingerprint density at radius 3 is 3.05 bits per heavy atom. The smallest absolute Gasteiger partial charge is 0.307 e. The molecule has 1 fully saturated rings. The summed E-state index contributed by atoms with van der Waals surface area (Å²) in [6.45, 7) is 2.40. The predicted octanol–water partition coefficient (Wildman–Crippen LogP) is 0.894. The number of aliphatic carboxylic acids is 1. The Balaban J connectivity index is 1.70. The first-order valence-corrected chi connectivity index (χ1v) is 6.95. The van der Waals surface area contributed by atoms with Gasteiger partial charge in [-0.3, -0.25) is 4.79 Å². The molecule has 1 aromatic rings. The van der Waals surface area contributed by atoms with E-state index in [0.717, 1.165) is 44.2 Å². The normalized spacial score (nSPS) is 26.9. The van der Waals surface area contributed by atoms with E-state index in [4.69, 9.17) is 9.84 Å². The van der Waals surface area contributed by atoms with Gasteiger partial charge in [-0.2, -0.15) is 0 Å². The molecule has 0 aromatic carbocycles. The Labute approximate surface area is 111 Å². The average molecular weight is 265 g/mol. The molecule has 1 saturated heterocycles. The molecule has 6 heteroatoms. The second-order valence-electron chi connectivity index (χ2n) is 5.50. The number of hydrogen-bond donors (Lipinski definition) is 1. The van der Waals surface area contributed by atoms with Crippen molar-refractivity contribution in [1.82, 2.24) is 14.8 Å². The topological polar surface area (TPSA) is 77.2 Å². The number of hydrogen-bond acceptors (Lipinski definition) is 4. The highest BCUT2D eigenvalue weighted by molar-refractivity contribution is 5.70. The summed E-state index contributed by atoms with van der Waals surface area (Å²) < 4.78 is 7.59. The van der Waals surface area contributed by atoms with Crippen LogP contribution < -0.4 is 0 Å². The number of rotatable bonds is 3. The van der Waals surface area contributed by atoms with Gasteiger partial charge in [-0.05, 0) is 25.2 Å². The molecule has 2 unspecified atom stereocenters. The van der Waals surface area contributed by atoms with Crippen LogP contribution >= 0.6 is 0 Å². The van der Waals surface area contributed by atoms with Crippen molar-refractivity contribution in [1.29, 1.82) is 0 Å². The van der Waals surface area contributed by atoms with Gasteiger partial charge in [-0.15, -0.1) is 10.2 Å². The summed E-state index contributed by atoms with van der Waals surface area (Å²) in [5.41, 5.74) is 0. The minimum absolute atomic E-state index is 0.303. The van der Waals surface area contributed by atoms with Crippen molar-refractivity contribution in [2.75, 3.05) is 13.2 Å². The molecular weight excluding hydrogens is 246 g/mol. The van der Waals surface area contributed by atoms with Gasteiger partial charge < -0.3 is 14.4 Å². The molecule has 0 aliphatic carbocycles. The van der Waals surface area contributed by atoms with Gasteiger partial charge in [0.05, 0.1) is 5.92 Å². The fourth-order valence-electron chi connectivity index (χ4n) is 2.98. The largest absolute Gasteiger partial charge is 0.481 e. The number of carboxylic acids is 1. The van der Waals surface area contributed by atoms with E-state index in [1.165, 1.54) is 6.42 Å². The molecule has 19 heavy (non-hydrogen) atoms. The maximum Gasteiger partial charge on any atom is 0.307 e. The van der Waals surface area contributed by atoms with Gasteiger partial charge in [0.1, 0.15) is 11.6 Å². The summed E-state index contributed by atoms with van der Waals surface area (Å²) in [5, 5.41) is 17.5. The number of nitrogens with zero attached hydrogens (tertiary/aromatic N) is 3. The Hall–Kier alpha value is -1.43. The molecule has 0 saturated carbocycles. The van der Waals surface area contributed by atoms with E-state index in [2.05, 4.69) is 14.8 Å². The van der Waals surface area contributed by atoms with E-state index in [0.29, 0.717) is 18.8 Å². The van der Waals surface area contributed by atoms with E-state index in [1.54, 1.807) is 0 Å². The van der Waals surface area contributed by atoms with Crippen LogP contribution in [0, 0.1) is 11.8 Å². The summed E-state index contributed by atoms with van der Waals surface area (Å²) in [6, 6.07) is 0. The van der Waals surface area contributed by atoms with Gasteiger partial charge in [-0.1, -0.05) is 0 Å². The molecule has 1 N–H and O–H groups in total. The lowest BCUT2D eigenvalue weighted by Crippen LogP contribution is -2.27. The number of carboxylic acid groups (broad SMARTS) is 1. The Morgan fingerprint density at radius 1 is 1.42 bits per heavy atom. The first-order valence-electron chi connectivity index (χ1n) is 6.95. The highest BCUT2D eigenvalue weighted by Crippen LogP contribution is 2.23. The molecule has 2 aliphatic heterocycles. The monoisotopic (exact) mass is 265 g/mol. The lowest BCUT2D eigenvalue weighted by molar-refractivity contribution is -0.142. The van der Waals surface area contributed by atoms with Crippen molar-refractivity contribution < 1.29 is 14.6 Å². The van der Waals surface area contributed by atoms with Crippen LogP contribution in [0.25, 0.3) is 0 Å². The van der Waals surface area contributed by atoms with E-state index in [1.807, 2.05) is 0 Å². The lowest BCUT2D eigenvalue weighted by Gasteiger charge is -2.24. The van der Waals surface area contributed by atoms with Gasteiger partial charge in [0.2, 0.25) is 0 Å². The van der Waals surface area contributed by atoms with Gasteiger partial charge in [0, 0.05) is 32.6 Å². The third kappa shape index (κ3) is 2.63. The van der Waals surface area contributed by atoms with Gasteiger partial charge in [0.15, 0.2) is 0 Å². The SMILES string of the molecule is O=C(O)C1CCn2c(CC3CCCOC3)nnc2C1. The third-order valence-electron chi connectivity index (χ3n) is 4.11. The lowest BCUT2D eigenvalue weighted by atomic mass is 9.96. The Kier molecular flexibility index (Phi) is 3.50. The fourth-order valence-corrected chi connectivity index (χ4v) is 2.98. The standard InChI is InChI=1S/C13H19N3O3/c17-13(18)10-3-4-16-11(14-15-12(16)7-10)6-9-2-1-5-19-8-9/h9-10H,1-8H2,(H,17,18). The highest BCUT2D eigenvalue weighted by Gasteiger charge is 2.28. The minimum atomic E-state index is -0.725. The molecule has 2 aliphatic rings. The van der Waals surface area contributed by atoms with Crippen LogP contribution in [0.3, 0.4) is 0 Å². The Morgan fingerprint density at radius 2 is 2.32 bits per heavy atom. The number of ether oxygens (including phenoxy) is 1. The maximum absolute atomic E-state index is 11.0. The second-order valence-corrected chi connectivity index (χ2v) is 5.50. The summed E-state index contributed by atoms with van der Waals surface area (Å²) in [4.78, 5) is 11.0. The van der Waals surface area contributed by atoms with Crippen LogP contribution in [0.4, 0.5) is 0 Å². The summed E-state index contributed by atoms with van der Waals surface area (Å²) in [5.74, 6) is 1.32. The number of aromatic nitrogens is 3. The van der Waals surface area contributed by atoms with E-state index in [9.17, 15) is 4.79 Å². The van der Waals surface area contributed by atoms with Gasteiger partial charge in [0.25, 0.3) is 0 Å². The van der Waals surface area contributed by atoms with Crippen molar-refractivity contribution in [3.63, 3.8) is 0 Å². The van der Waals surface area contributed by atoms with Crippen LogP contribution in [0.5, 0.6) is 0 Å². The van der Waals surface area contributed by atoms with Crippen molar-refractivity contribution in [3.8, 4) is 0 Å². The summed E-state index contributed by atoms with van der Waals surface area (Å²) in [7, 11) is 0. The predicted molar refractivity (Wildman–Crippen MR) is 66.7 cm³/mol. The highest BCUT2D eigenvalue weighted by atomic mass is 16.5. The third-order valence-corrected chi connectivity index (χ3v) is 4.11. The quantitative estimate of drug-likeness (QED) is 0.878. The zero-order valence-corrected chi connectivity index (χ0v) is 10.9. The molecule has 0 radical (unpaired) electrons. The van der Waals surface area contributed by atoms with Gasteiger partial charge >= 0.3 is 5.97 Å². The first kappa shape index (κ1) is 12.6. The maximum atomic E-state index is 11.0. The molecule has 0 bridgehead atoms. The van der Waals surface area contributed by atoms with Crippen LogP contribution in [0.15, 0.2) is 0 Å². The van der Waals surface area contributed by atoms with Crippen LogP contribution in [0.2, 0.25) is 0 Å². The van der Waals surface area contributed by atoms with Crippen molar-refractivity contribution in [2.24, 2.45) is 11.8 Å². The minimum Gasteiger partial charge on any atom is -0.481 e. The summed E-state index contributed by atoms with van der Waals surface area (Å²) >= 11 is 0. The average Bonchev–Trinajstić information content (AvgIpc) is 2.82. The Bertz CT molecular complexity index is 466. The van der Waals surface area contributed by atoms with Gasteiger partial charge in [-0.25, -0.2) is 0 Å². The van der Waals surface area contributed by atoms with E-state index < -0.39 is 5.97 Å². The molecule has 3 heterocycles. The van der Waals surface area contributed by atoms with E-state index in [-0.39, 0.29) is 5.92 Å². The molecule has 1 aromatic heterocycles. The van der Waals surface area contributed by atoms with E-state index >= 15 is 0 Å². The fraction of sp³-hybridized carbons (Fsp3) is 0.769. The molecule has 2 atom stereocenters. The summed E-state index contributed by atoms with van der Waals surface area (Å²) in [6.07, 6.45) is 4.37. The molecule has 3 rings (SSSR count). The molecule has 0 spiro atoms. The molecule has 104 valence electrons. The number of fused-ring (bicyclic) bond motifs is 1. The van der Waals surface area contributed by atoms with Crippen LogP contribution in [0.1, 0.15) is 30.9 Å². The van der Waals surface area contributed by atoms with Crippen molar-refractivity contribution in [2.45, 2.75) is 38.6 Å². The second kappa shape index (κ2) is 5.28. The molecular formula is C13H19N3O3. The van der Waals surface area contributed by atoms with Crippen LogP contribution in [-0.4, -0.2) is 39.1 Å². The zero-order chi connectivity index (χ0) is 13.2. The first-order chi connectivity index (χ1) is 9.24. The molecule has 0 amide bonds. The zero-order valence-electron chi connectivity index (χ0n) is 10.9. The van der Waals surface area contributed by atoms with Crippen molar-refractivity contribution >= 4 is 5.97 Å². The molecule has 6 nitrogen and oxygen atoms in total.